The molecule has 19 heavy (non-hydrogen) atoms. The van der Waals surface area contributed by atoms with Gasteiger partial charge in [0.2, 0.25) is 0 Å². The van der Waals surface area contributed by atoms with Crippen molar-refractivity contribution in [2.24, 2.45) is 0 Å². The minimum absolute atomic E-state index is 0.270. The molecule has 0 aliphatic heterocycles. The number of carbonyl (C=O) groups excluding carboxylic acids is 1. The normalized spacial score (nSPS) is 9.63. The van der Waals surface area contributed by atoms with Gasteiger partial charge in [0.1, 0.15) is 11.9 Å². The van der Waals surface area contributed by atoms with Crippen molar-refractivity contribution in [1.29, 1.82) is 5.26 Å². The van der Waals surface area contributed by atoms with Crippen LogP contribution >= 0.6 is 0 Å². The van der Waals surface area contributed by atoms with E-state index in [0.717, 1.165) is 0 Å². The molecule has 0 fully saturated rings. The fraction of sp³-hybridized carbons (Fsp3) is 0.154. The first-order valence-corrected chi connectivity index (χ1v) is 5.72. The lowest BCUT2D eigenvalue weighted by Crippen LogP contribution is -2.28. The predicted molar refractivity (Wildman–Crippen MR) is 68.5 cm³/mol. The summed E-state index contributed by atoms with van der Waals surface area (Å²) in [6, 6.07) is 8.66. The summed E-state index contributed by atoms with van der Waals surface area (Å²) in [5.74, 6) is 0.515. The number of anilines is 1. The second kappa shape index (κ2) is 6.21. The Balaban J connectivity index is 1.78. The van der Waals surface area contributed by atoms with Crippen LogP contribution in [0.5, 0.6) is 0 Å². The number of carbonyl (C=O) groups is 1. The maximum atomic E-state index is 11.5. The molecule has 6 heteroatoms. The third kappa shape index (κ3) is 3.33. The zero-order valence-electron chi connectivity index (χ0n) is 10.1. The van der Waals surface area contributed by atoms with Crippen molar-refractivity contribution in [2.75, 3.05) is 18.4 Å². The van der Waals surface area contributed by atoms with Crippen LogP contribution in [0.25, 0.3) is 0 Å². The Morgan fingerprint density at radius 2 is 2.26 bits per heavy atom. The molecule has 0 aromatic carbocycles. The van der Waals surface area contributed by atoms with Crippen LogP contribution in [-0.2, 0) is 0 Å². The predicted octanol–water partition coefficient (Wildman–Crippen LogP) is 1.39. The van der Waals surface area contributed by atoms with E-state index in [-0.39, 0.29) is 11.7 Å². The third-order valence-corrected chi connectivity index (χ3v) is 2.38. The summed E-state index contributed by atoms with van der Waals surface area (Å²) in [4.78, 5) is 15.6. The van der Waals surface area contributed by atoms with Gasteiger partial charge in [-0.05, 0) is 24.3 Å². The largest absolute Gasteiger partial charge is 0.459 e. The first-order chi connectivity index (χ1) is 9.31. The monoisotopic (exact) mass is 256 g/mol. The molecule has 0 unspecified atom stereocenters. The van der Waals surface area contributed by atoms with E-state index in [4.69, 9.17) is 9.68 Å². The van der Waals surface area contributed by atoms with Gasteiger partial charge in [-0.15, -0.1) is 0 Å². The smallest absolute Gasteiger partial charge is 0.287 e. The summed E-state index contributed by atoms with van der Waals surface area (Å²) in [5, 5.41) is 14.5. The molecule has 2 aromatic heterocycles. The van der Waals surface area contributed by atoms with Crippen LogP contribution in [0.2, 0.25) is 0 Å². The van der Waals surface area contributed by atoms with E-state index >= 15 is 0 Å². The van der Waals surface area contributed by atoms with E-state index in [2.05, 4.69) is 15.6 Å². The lowest BCUT2D eigenvalue weighted by atomic mass is 10.3. The minimum atomic E-state index is -0.270. The molecule has 6 nitrogen and oxygen atoms in total. The van der Waals surface area contributed by atoms with Crippen molar-refractivity contribution in [3.63, 3.8) is 0 Å². The number of nitrogens with zero attached hydrogens (tertiary/aromatic N) is 2. The van der Waals surface area contributed by atoms with Gasteiger partial charge in [0.15, 0.2) is 5.76 Å². The highest BCUT2D eigenvalue weighted by molar-refractivity contribution is 5.91. The molecular formula is C13H12N4O2. The highest BCUT2D eigenvalue weighted by Gasteiger charge is 2.07. The molecule has 96 valence electrons. The number of hydrogen-bond acceptors (Lipinski definition) is 5. The number of nitrogens with one attached hydrogen (secondary N) is 2. The minimum Gasteiger partial charge on any atom is -0.459 e. The molecular weight excluding hydrogens is 244 g/mol. The third-order valence-electron chi connectivity index (χ3n) is 2.38. The summed E-state index contributed by atoms with van der Waals surface area (Å²) < 4.78 is 4.96. The van der Waals surface area contributed by atoms with E-state index < -0.39 is 0 Å². The average Bonchev–Trinajstić information content (AvgIpc) is 2.98. The second-order valence-corrected chi connectivity index (χ2v) is 3.67. The number of pyridine rings is 1. The molecule has 0 saturated heterocycles. The Morgan fingerprint density at radius 1 is 1.37 bits per heavy atom. The number of furan rings is 1. The van der Waals surface area contributed by atoms with Crippen molar-refractivity contribution in [1.82, 2.24) is 10.3 Å². The Hall–Kier alpha value is -2.81. The van der Waals surface area contributed by atoms with Gasteiger partial charge in [0.25, 0.3) is 5.91 Å². The van der Waals surface area contributed by atoms with E-state index in [1.807, 2.05) is 6.07 Å². The topological polar surface area (TPSA) is 91.0 Å². The fourth-order valence-corrected chi connectivity index (χ4v) is 1.49. The Bertz CT molecular complexity index is 587. The van der Waals surface area contributed by atoms with E-state index in [0.29, 0.717) is 24.5 Å². The highest BCUT2D eigenvalue weighted by Crippen LogP contribution is 2.08. The molecule has 0 atom stereocenters. The van der Waals surface area contributed by atoms with Crippen LogP contribution in [-0.4, -0.2) is 24.0 Å². The molecule has 0 spiro atoms. The van der Waals surface area contributed by atoms with E-state index in [9.17, 15) is 4.79 Å². The van der Waals surface area contributed by atoms with Gasteiger partial charge in [-0.1, -0.05) is 0 Å². The van der Waals surface area contributed by atoms with Crippen LogP contribution in [0.15, 0.2) is 41.1 Å². The quantitative estimate of drug-likeness (QED) is 0.789. The Morgan fingerprint density at radius 3 is 3.00 bits per heavy atom. The number of aromatic nitrogens is 1. The summed E-state index contributed by atoms with van der Waals surface area (Å²) in [6.45, 7) is 0.874. The first kappa shape index (κ1) is 12.6. The van der Waals surface area contributed by atoms with Crippen LogP contribution < -0.4 is 10.6 Å². The van der Waals surface area contributed by atoms with Crippen molar-refractivity contribution < 1.29 is 9.21 Å². The first-order valence-electron chi connectivity index (χ1n) is 5.72. The molecule has 2 aromatic rings. The zero-order chi connectivity index (χ0) is 13.5. The van der Waals surface area contributed by atoms with Crippen molar-refractivity contribution in [3.05, 3.63) is 48.0 Å². The number of rotatable bonds is 5. The summed E-state index contributed by atoms with van der Waals surface area (Å²) in [5.41, 5.74) is 0.472. The van der Waals surface area contributed by atoms with Crippen molar-refractivity contribution >= 4 is 11.7 Å². The molecule has 0 aliphatic rings. The Kier molecular flexibility index (Phi) is 4.13. The molecule has 0 saturated carbocycles. The number of nitriles is 1. The molecule has 1 amide bonds. The van der Waals surface area contributed by atoms with Gasteiger partial charge < -0.3 is 15.1 Å². The van der Waals surface area contributed by atoms with Gasteiger partial charge in [-0.2, -0.15) is 5.26 Å². The van der Waals surface area contributed by atoms with Gasteiger partial charge in [-0.25, -0.2) is 4.98 Å². The number of amides is 1. The van der Waals surface area contributed by atoms with Gasteiger partial charge in [0.05, 0.1) is 11.8 Å². The lowest BCUT2D eigenvalue weighted by Gasteiger charge is -2.07. The van der Waals surface area contributed by atoms with Crippen LogP contribution in [0.3, 0.4) is 0 Å². The van der Waals surface area contributed by atoms with Crippen LogP contribution in [0, 0.1) is 11.3 Å². The summed E-state index contributed by atoms with van der Waals surface area (Å²) in [7, 11) is 0. The molecule has 2 rings (SSSR count). The summed E-state index contributed by atoms with van der Waals surface area (Å²) >= 11 is 0. The van der Waals surface area contributed by atoms with E-state index in [1.54, 1.807) is 30.5 Å². The van der Waals surface area contributed by atoms with Crippen molar-refractivity contribution in [3.8, 4) is 6.07 Å². The van der Waals surface area contributed by atoms with Gasteiger partial charge >= 0.3 is 0 Å². The lowest BCUT2D eigenvalue weighted by molar-refractivity contribution is 0.0927. The van der Waals surface area contributed by atoms with Gasteiger partial charge in [-0.3, -0.25) is 4.79 Å². The molecule has 2 N–H and O–H groups in total. The highest BCUT2D eigenvalue weighted by atomic mass is 16.3. The molecule has 0 aliphatic carbocycles. The van der Waals surface area contributed by atoms with Crippen LogP contribution in [0.1, 0.15) is 16.1 Å². The molecule has 0 radical (unpaired) electrons. The molecule has 2 heterocycles. The summed E-state index contributed by atoms with van der Waals surface area (Å²) in [6.07, 6.45) is 3.05. The van der Waals surface area contributed by atoms with Crippen molar-refractivity contribution in [2.45, 2.75) is 0 Å². The maximum Gasteiger partial charge on any atom is 0.287 e. The average molecular weight is 256 g/mol. The van der Waals surface area contributed by atoms with Gasteiger partial charge in [0, 0.05) is 19.3 Å². The standard InChI is InChI=1S/C13H12N4O2/c14-9-10-3-1-5-15-12(10)16-6-7-17-13(18)11-4-2-8-19-11/h1-5,8H,6-7H2,(H,15,16)(H,17,18). The SMILES string of the molecule is N#Cc1cccnc1NCCNC(=O)c1ccco1. The zero-order valence-corrected chi connectivity index (χ0v) is 10.1. The fourth-order valence-electron chi connectivity index (χ4n) is 1.49. The second-order valence-electron chi connectivity index (χ2n) is 3.67. The maximum absolute atomic E-state index is 11.5. The van der Waals surface area contributed by atoms with Crippen LogP contribution in [0.4, 0.5) is 5.82 Å². The van der Waals surface area contributed by atoms with E-state index in [1.165, 1.54) is 6.26 Å². The number of hydrogen-bond donors (Lipinski definition) is 2. The Labute approximate surface area is 110 Å². The molecule has 0 bridgehead atoms.